The standard InChI is InChI=1S/C24H31N3O3S/c25-17-24(28)20-11-9-19(10-12-20)18-27(22-5-2-1-3-6-22)31(29,30)23-13-15-26(16-14-23)21-7-4-8-21/h1-3,5-6,9-12,21,23H,4,7-8,13-18,25H2. The van der Waals surface area contributed by atoms with Gasteiger partial charge in [0.2, 0.25) is 10.0 Å². The number of hydrogen-bond donors (Lipinski definition) is 1. The molecule has 6 nitrogen and oxygen atoms in total. The Morgan fingerprint density at radius 1 is 0.968 bits per heavy atom. The van der Waals surface area contributed by atoms with Crippen LogP contribution in [0, 0.1) is 0 Å². The van der Waals surface area contributed by atoms with Gasteiger partial charge in [0, 0.05) is 11.6 Å². The largest absolute Gasteiger partial charge is 0.324 e. The minimum absolute atomic E-state index is 0.0383. The Hall–Kier alpha value is -2.22. The van der Waals surface area contributed by atoms with Crippen molar-refractivity contribution in [2.24, 2.45) is 5.73 Å². The van der Waals surface area contributed by atoms with Crippen molar-refractivity contribution in [1.29, 1.82) is 0 Å². The van der Waals surface area contributed by atoms with Crippen LogP contribution in [0.25, 0.3) is 0 Å². The SMILES string of the molecule is NCC(=O)c1ccc(CN(c2ccccc2)S(=O)(=O)C2CCN(C3CCC3)CC2)cc1. The molecule has 1 saturated carbocycles. The van der Waals surface area contributed by atoms with Gasteiger partial charge < -0.3 is 10.6 Å². The molecule has 0 spiro atoms. The van der Waals surface area contributed by atoms with Crippen LogP contribution in [-0.4, -0.2) is 50.0 Å². The molecule has 2 aromatic rings. The summed E-state index contributed by atoms with van der Waals surface area (Å²) in [5.74, 6) is -0.127. The molecule has 2 aliphatic rings. The van der Waals surface area contributed by atoms with Gasteiger partial charge in [0.15, 0.2) is 5.78 Å². The summed E-state index contributed by atoms with van der Waals surface area (Å²) in [6, 6.07) is 17.0. The number of nitrogens with two attached hydrogens (primary N) is 1. The third-order valence-corrected chi connectivity index (χ3v) is 8.90. The number of ketones is 1. The summed E-state index contributed by atoms with van der Waals surface area (Å²) in [4.78, 5) is 14.3. The number of rotatable bonds is 8. The van der Waals surface area contributed by atoms with E-state index in [0.29, 0.717) is 30.1 Å². The number of carbonyl (C=O) groups is 1. The number of hydrogen-bond acceptors (Lipinski definition) is 5. The van der Waals surface area contributed by atoms with E-state index in [1.54, 1.807) is 12.1 Å². The molecule has 31 heavy (non-hydrogen) atoms. The first-order valence-electron chi connectivity index (χ1n) is 11.1. The molecule has 0 aromatic heterocycles. The lowest BCUT2D eigenvalue weighted by atomic mass is 9.90. The van der Waals surface area contributed by atoms with Crippen molar-refractivity contribution in [3.05, 3.63) is 65.7 Å². The highest BCUT2D eigenvalue weighted by molar-refractivity contribution is 7.93. The maximum Gasteiger partial charge on any atom is 0.238 e. The fourth-order valence-electron chi connectivity index (χ4n) is 4.47. The van der Waals surface area contributed by atoms with E-state index in [1.807, 2.05) is 42.5 Å². The normalized spacial score (nSPS) is 18.5. The van der Waals surface area contributed by atoms with Gasteiger partial charge in [-0.25, -0.2) is 8.42 Å². The molecule has 0 atom stereocenters. The molecule has 0 bridgehead atoms. The third-order valence-electron chi connectivity index (χ3n) is 6.63. The van der Waals surface area contributed by atoms with Crippen LogP contribution >= 0.6 is 0 Å². The van der Waals surface area contributed by atoms with Crippen molar-refractivity contribution < 1.29 is 13.2 Å². The average Bonchev–Trinajstić information content (AvgIpc) is 2.77. The van der Waals surface area contributed by atoms with Crippen molar-refractivity contribution in [2.75, 3.05) is 23.9 Å². The van der Waals surface area contributed by atoms with Gasteiger partial charge in [0.05, 0.1) is 24.0 Å². The Morgan fingerprint density at radius 3 is 2.16 bits per heavy atom. The molecule has 1 aliphatic heterocycles. The minimum Gasteiger partial charge on any atom is -0.324 e. The van der Waals surface area contributed by atoms with Crippen LogP contribution in [0.5, 0.6) is 0 Å². The number of piperidine rings is 1. The Kier molecular flexibility index (Phi) is 6.74. The van der Waals surface area contributed by atoms with Crippen LogP contribution in [0.4, 0.5) is 5.69 Å². The highest BCUT2D eigenvalue weighted by Gasteiger charge is 2.37. The van der Waals surface area contributed by atoms with Gasteiger partial charge in [-0.05, 0) is 56.5 Å². The van der Waals surface area contributed by atoms with E-state index in [4.69, 9.17) is 5.73 Å². The number of sulfonamides is 1. The number of anilines is 1. The van der Waals surface area contributed by atoms with E-state index in [2.05, 4.69) is 4.90 Å². The summed E-state index contributed by atoms with van der Waals surface area (Å²) in [6.07, 6.45) is 5.13. The molecule has 2 aromatic carbocycles. The summed E-state index contributed by atoms with van der Waals surface area (Å²) >= 11 is 0. The number of nitrogens with zero attached hydrogens (tertiary/aromatic N) is 2. The number of likely N-dealkylation sites (tertiary alicyclic amines) is 1. The molecule has 0 unspecified atom stereocenters. The van der Waals surface area contributed by atoms with E-state index < -0.39 is 10.0 Å². The van der Waals surface area contributed by atoms with E-state index in [-0.39, 0.29) is 24.1 Å². The number of Topliss-reactive ketones (excluding diaryl/α,β-unsaturated/α-hetero) is 1. The van der Waals surface area contributed by atoms with Crippen LogP contribution in [0.2, 0.25) is 0 Å². The van der Waals surface area contributed by atoms with Gasteiger partial charge in [0.1, 0.15) is 0 Å². The molecule has 7 heteroatoms. The average molecular weight is 442 g/mol. The lowest BCUT2D eigenvalue weighted by molar-refractivity contribution is 0.100. The first-order valence-corrected chi connectivity index (χ1v) is 12.6. The zero-order chi connectivity index (χ0) is 21.8. The van der Waals surface area contributed by atoms with Gasteiger partial charge >= 0.3 is 0 Å². The topological polar surface area (TPSA) is 83.7 Å². The molecule has 1 aliphatic carbocycles. The van der Waals surface area contributed by atoms with Crippen LogP contribution in [0.3, 0.4) is 0 Å². The highest BCUT2D eigenvalue weighted by Crippen LogP contribution is 2.32. The summed E-state index contributed by atoms with van der Waals surface area (Å²) in [5, 5.41) is -0.373. The fraction of sp³-hybridized carbons (Fsp3) is 0.458. The van der Waals surface area contributed by atoms with Crippen LogP contribution in [0.15, 0.2) is 54.6 Å². The Balaban J connectivity index is 1.54. The van der Waals surface area contributed by atoms with Crippen molar-refractivity contribution in [1.82, 2.24) is 4.90 Å². The monoisotopic (exact) mass is 441 g/mol. The van der Waals surface area contributed by atoms with Gasteiger partial charge in [0.25, 0.3) is 0 Å². The molecular formula is C24H31N3O3S. The van der Waals surface area contributed by atoms with Gasteiger partial charge in [-0.3, -0.25) is 9.10 Å². The summed E-state index contributed by atoms with van der Waals surface area (Å²) < 4.78 is 29.0. The Morgan fingerprint density at radius 2 is 1.61 bits per heavy atom. The van der Waals surface area contributed by atoms with Gasteiger partial charge in [-0.1, -0.05) is 48.9 Å². The Bertz CT molecular complexity index is 980. The zero-order valence-electron chi connectivity index (χ0n) is 17.8. The molecule has 1 saturated heterocycles. The van der Waals surface area contributed by atoms with Crippen molar-refractivity contribution >= 4 is 21.5 Å². The molecule has 4 rings (SSSR count). The smallest absolute Gasteiger partial charge is 0.238 e. The summed E-state index contributed by atoms with van der Waals surface area (Å²) in [6.45, 7) is 1.91. The van der Waals surface area contributed by atoms with E-state index in [9.17, 15) is 13.2 Å². The molecule has 2 fully saturated rings. The second kappa shape index (κ2) is 9.51. The lowest BCUT2D eigenvalue weighted by Gasteiger charge is -2.42. The molecule has 1 heterocycles. The van der Waals surface area contributed by atoms with Gasteiger partial charge in [-0.2, -0.15) is 0 Å². The maximum atomic E-state index is 13.7. The predicted molar refractivity (Wildman–Crippen MR) is 124 cm³/mol. The minimum atomic E-state index is -3.52. The molecule has 2 N–H and O–H groups in total. The number of para-hydroxylation sites is 1. The molecule has 0 radical (unpaired) electrons. The molecule has 166 valence electrons. The van der Waals surface area contributed by atoms with Crippen LogP contribution < -0.4 is 10.0 Å². The van der Waals surface area contributed by atoms with Crippen molar-refractivity contribution in [2.45, 2.75) is 49.9 Å². The summed E-state index contributed by atoms with van der Waals surface area (Å²) in [5.41, 5.74) is 7.50. The van der Waals surface area contributed by atoms with E-state index in [1.165, 1.54) is 23.6 Å². The molecular weight excluding hydrogens is 410 g/mol. The second-order valence-electron chi connectivity index (χ2n) is 8.53. The van der Waals surface area contributed by atoms with E-state index >= 15 is 0 Å². The number of benzene rings is 2. The number of carbonyl (C=O) groups excluding carboxylic acids is 1. The van der Waals surface area contributed by atoms with Crippen LogP contribution in [0.1, 0.15) is 48.0 Å². The third kappa shape index (κ3) is 4.84. The predicted octanol–water partition coefficient (Wildman–Crippen LogP) is 3.18. The second-order valence-corrected chi connectivity index (χ2v) is 10.7. The summed E-state index contributed by atoms with van der Waals surface area (Å²) in [7, 11) is -3.52. The zero-order valence-corrected chi connectivity index (χ0v) is 18.6. The maximum absolute atomic E-state index is 13.7. The van der Waals surface area contributed by atoms with E-state index in [0.717, 1.165) is 18.7 Å². The molecule has 0 amide bonds. The fourth-order valence-corrected chi connectivity index (χ4v) is 6.38. The van der Waals surface area contributed by atoms with Crippen molar-refractivity contribution in [3.8, 4) is 0 Å². The van der Waals surface area contributed by atoms with Gasteiger partial charge in [-0.15, -0.1) is 0 Å². The first-order chi connectivity index (χ1) is 15.0. The lowest BCUT2D eigenvalue weighted by Crippen LogP contribution is -2.49. The van der Waals surface area contributed by atoms with Crippen LogP contribution in [-0.2, 0) is 16.6 Å². The highest BCUT2D eigenvalue weighted by atomic mass is 32.2. The Labute approximate surface area is 185 Å². The quantitative estimate of drug-likeness (QED) is 0.636. The van der Waals surface area contributed by atoms with Crippen molar-refractivity contribution in [3.63, 3.8) is 0 Å². The first kappa shape index (κ1) is 22.0.